The van der Waals surface area contributed by atoms with E-state index in [9.17, 15) is 0 Å². The number of hydrogen-bond acceptors (Lipinski definition) is 2. The molecule has 0 spiro atoms. The minimum atomic E-state index is -0.214. The summed E-state index contributed by atoms with van der Waals surface area (Å²) in [6.07, 6.45) is 1.07. The predicted molar refractivity (Wildman–Crippen MR) is 253 cm³/mol. The molecule has 10 aromatic rings. The number of rotatable bonds is 6. The summed E-state index contributed by atoms with van der Waals surface area (Å²) in [5, 5.41) is 15.2. The number of hydrogen-bond donors (Lipinski definition) is 0. The minimum Gasteiger partial charge on any atom is -0.496 e. The summed E-state index contributed by atoms with van der Waals surface area (Å²) < 4.78 is 12.3. The molecular formula is C57H50O2. The van der Waals surface area contributed by atoms with Crippen LogP contribution in [0.25, 0.3) is 98.0 Å². The third-order valence-corrected chi connectivity index (χ3v) is 13.7. The second-order valence-corrected chi connectivity index (χ2v) is 19.2. The average molecular weight is 767 g/mol. The van der Waals surface area contributed by atoms with Gasteiger partial charge in [0.05, 0.1) is 14.2 Å². The fraction of sp³-hybridized carbons (Fsp3) is 0.228. The van der Waals surface area contributed by atoms with Gasteiger partial charge in [0.25, 0.3) is 0 Å². The minimum absolute atomic E-state index is 0.0648. The lowest BCUT2D eigenvalue weighted by molar-refractivity contribution is 0.420. The summed E-state index contributed by atoms with van der Waals surface area (Å²) in [7, 11) is 3.60. The van der Waals surface area contributed by atoms with Crippen LogP contribution >= 0.6 is 0 Å². The van der Waals surface area contributed by atoms with Crippen LogP contribution in [-0.4, -0.2) is 14.2 Å². The summed E-state index contributed by atoms with van der Waals surface area (Å²) in [4.78, 5) is 0. The lowest BCUT2D eigenvalue weighted by Gasteiger charge is -2.24. The van der Waals surface area contributed by atoms with E-state index >= 15 is 0 Å². The molecule has 0 fully saturated rings. The van der Waals surface area contributed by atoms with E-state index in [1.165, 1.54) is 115 Å². The highest BCUT2D eigenvalue weighted by molar-refractivity contribution is 6.28. The Kier molecular flexibility index (Phi) is 7.59. The molecule has 10 aromatic carbocycles. The van der Waals surface area contributed by atoms with Crippen molar-refractivity contribution in [1.29, 1.82) is 0 Å². The number of benzene rings is 10. The normalized spacial score (nSPS) is 13.9. The SMILES string of the molecule is COc1cc(-c2ccc3c(c2)C(C)(C)c2cc(-c4cc(OC)c5ccc6cc(C(C)(C)C)cc7ccc4c5c67)ccc2-3)c2ccc3cc(CC(C)C)cc4ccc1c2c43. The van der Waals surface area contributed by atoms with Crippen molar-refractivity contribution in [3.05, 3.63) is 144 Å². The molecule has 290 valence electrons. The average Bonchev–Trinajstić information content (AvgIpc) is 3.45. The van der Waals surface area contributed by atoms with Crippen LogP contribution in [0, 0.1) is 5.92 Å². The van der Waals surface area contributed by atoms with Gasteiger partial charge in [0.1, 0.15) is 11.5 Å². The zero-order chi connectivity index (χ0) is 40.7. The van der Waals surface area contributed by atoms with Gasteiger partial charge in [0.2, 0.25) is 0 Å². The molecule has 0 saturated carbocycles. The quantitative estimate of drug-likeness (QED) is 0.157. The molecule has 59 heavy (non-hydrogen) atoms. The molecule has 2 heteroatoms. The van der Waals surface area contributed by atoms with Crippen molar-refractivity contribution in [2.75, 3.05) is 14.2 Å². The maximum atomic E-state index is 6.15. The van der Waals surface area contributed by atoms with Crippen molar-refractivity contribution in [3.63, 3.8) is 0 Å². The van der Waals surface area contributed by atoms with E-state index < -0.39 is 0 Å². The fourth-order valence-corrected chi connectivity index (χ4v) is 10.7. The topological polar surface area (TPSA) is 18.5 Å². The molecule has 0 atom stereocenters. The highest BCUT2D eigenvalue weighted by Crippen LogP contribution is 2.53. The molecule has 0 aliphatic heterocycles. The Morgan fingerprint density at radius 3 is 1.31 bits per heavy atom. The van der Waals surface area contributed by atoms with Crippen LogP contribution in [0.4, 0.5) is 0 Å². The van der Waals surface area contributed by atoms with Crippen molar-refractivity contribution in [3.8, 4) is 44.9 Å². The molecule has 0 bridgehead atoms. The zero-order valence-electron chi connectivity index (χ0n) is 35.6. The summed E-state index contributed by atoms with van der Waals surface area (Å²) in [6.45, 7) is 16.3. The molecule has 0 saturated heterocycles. The molecule has 2 nitrogen and oxygen atoms in total. The van der Waals surface area contributed by atoms with Crippen molar-refractivity contribution < 1.29 is 9.47 Å². The highest BCUT2D eigenvalue weighted by Gasteiger charge is 2.36. The number of methoxy groups -OCH3 is 2. The molecule has 0 N–H and O–H groups in total. The largest absolute Gasteiger partial charge is 0.496 e. The molecular weight excluding hydrogens is 717 g/mol. The van der Waals surface area contributed by atoms with Crippen LogP contribution in [0.3, 0.4) is 0 Å². The first-order chi connectivity index (χ1) is 28.3. The third-order valence-electron chi connectivity index (χ3n) is 13.7. The smallest absolute Gasteiger partial charge is 0.127 e. The second-order valence-electron chi connectivity index (χ2n) is 19.2. The molecule has 0 heterocycles. The standard InChI is InChI=1S/C57H50O2/c1-31(2)22-32-23-35-12-18-42-46(29-50(58-8)44-20-14-36(24-32)52(35)54(42)44)33-10-16-40-41-17-11-34(28-49(41)57(6,7)48(40)27-33)47-30-51(59-9)45-21-15-38-26-39(56(3,4)5)25-37-13-19-43(47)55(45)53(37)38/h10-21,23-31H,22H2,1-9H3. The van der Waals surface area contributed by atoms with Gasteiger partial charge in [-0.15, -0.1) is 0 Å². The van der Waals surface area contributed by atoms with Crippen LogP contribution in [-0.2, 0) is 17.3 Å². The van der Waals surface area contributed by atoms with Gasteiger partial charge >= 0.3 is 0 Å². The van der Waals surface area contributed by atoms with Crippen LogP contribution < -0.4 is 9.47 Å². The van der Waals surface area contributed by atoms with Gasteiger partial charge < -0.3 is 9.47 Å². The maximum Gasteiger partial charge on any atom is 0.127 e. The van der Waals surface area contributed by atoms with Crippen molar-refractivity contribution in [2.45, 2.75) is 65.7 Å². The van der Waals surface area contributed by atoms with Crippen LogP contribution in [0.2, 0.25) is 0 Å². The van der Waals surface area contributed by atoms with Crippen molar-refractivity contribution >= 4 is 64.6 Å². The van der Waals surface area contributed by atoms with Gasteiger partial charge in [0.15, 0.2) is 0 Å². The molecule has 1 aliphatic carbocycles. The fourth-order valence-electron chi connectivity index (χ4n) is 10.7. The van der Waals surface area contributed by atoms with Crippen LogP contribution in [0.1, 0.15) is 70.7 Å². The molecule has 11 rings (SSSR count). The lowest BCUT2D eigenvalue weighted by Crippen LogP contribution is -2.15. The molecule has 1 aliphatic rings. The Labute approximate surface area is 347 Å². The Hall–Kier alpha value is -6.12. The van der Waals surface area contributed by atoms with E-state index in [1.807, 2.05) is 0 Å². The molecule has 0 unspecified atom stereocenters. The second kappa shape index (κ2) is 12.4. The van der Waals surface area contributed by atoms with E-state index in [0.717, 1.165) is 23.3 Å². The van der Waals surface area contributed by atoms with Gasteiger partial charge in [-0.1, -0.05) is 133 Å². The van der Waals surface area contributed by atoms with E-state index in [2.05, 4.69) is 170 Å². The number of ether oxygens (including phenoxy) is 2. The van der Waals surface area contributed by atoms with Gasteiger partial charge in [-0.05, 0) is 153 Å². The van der Waals surface area contributed by atoms with E-state index in [0.29, 0.717) is 5.92 Å². The summed E-state index contributed by atoms with van der Waals surface area (Å²) in [5.41, 5.74) is 12.8. The maximum absolute atomic E-state index is 6.15. The van der Waals surface area contributed by atoms with E-state index in [4.69, 9.17) is 9.47 Å². The summed E-state index contributed by atoms with van der Waals surface area (Å²) in [6, 6.07) is 46.7. The monoisotopic (exact) mass is 766 g/mol. The van der Waals surface area contributed by atoms with Gasteiger partial charge in [-0.25, -0.2) is 0 Å². The molecule has 0 radical (unpaired) electrons. The number of fused-ring (bicyclic) bond motifs is 3. The first kappa shape index (κ1) is 36.0. The van der Waals surface area contributed by atoms with E-state index in [-0.39, 0.29) is 10.8 Å². The molecule has 0 aromatic heterocycles. The van der Waals surface area contributed by atoms with E-state index in [1.54, 1.807) is 14.2 Å². The lowest BCUT2D eigenvalue weighted by atomic mass is 9.80. The third kappa shape index (κ3) is 5.18. The summed E-state index contributed by atoms with van der Waals surface area (Å²) in [5.74, 6) is 2.43. The Bertz CT molecular complexity index is 3320. The Balaban J connectivity index is 1.05. The molecule has 0 amide bonds. The van der Waals surface area contributed by atoms with Gasteiger partial charge in [0, 0.05) is 27.0 Å². The Morgan fingerprint density at radius 1 is 0.475 bits per heavy atom. The predicted octanol–water partition coefficient (Wildman–Crippen LogP) is 15.6. The highest BCUT2D eigenvalue weighted by atomic mass is 16.5. The van der Waals surface area contributed by atoms with Crippen molar-refractivity contribution in [1.82, 2.24) is 0 Å². The Morgan fingerprint density at radius 2 is 0.898 bits per heavy atom. The van der Waals surface area contributed by atoms with Crippen LogP contribution in [0.15, 0.2) is 121 Å². The van der Waals surface area contributed by atoms with Crippen LogP contribution in [0.5, 0.6) is 11.5 Å². The van der Waals surface area contributed by atoms with Gasteiger partial charge in [-0.2, -0.15) is 0 Å². The van der Waals surface area contributed by atoms with Crippen molar-refractivity contribution in [2.24, 2.45) is 5.92 Å². The first-order valence-corrected chi connectivity index (χ1v) is 21.2. The van der Waals surface area contributed by atoms with Gasteiger partial charge in [-0.3, -0.25) is 0 Å². The summed E-state index contributed by atoms with van der Waals surface area (Å²) >= 11 is 0. The zero-order valence-corrected chi connectivity index (χ0v) is 35.6. The first-order valence-electron chi connectivity index (χ1n) is 21.2.